The third kappa shape index (κ3) is 14.1. The van der Waals surface area contributed by atoms with E-state index in [4.69, 9.17) is 11.6 Å². The number of amides is 3. The van der Waals surface area contributed by atoms with Crippen LogP contribution in [0.3, 0.4) is 0 Å². The third-order valence-electron chi connectivity index (χ3n) is 4.65. The fourth-order valence-corrected chi connectivity index (χ4v) is 3.11. The molecule has 0 aromatic rings. The zero-order chi connectivity index (χ0) is 22.2. The number of carbonyl (C=O) groups is 4. The van der Waals surface area contributed by atoms with Gasteiger partial charge in [0.15, 0.2) is 0 Å². The second-order valence-corrected chi connectivity index (χ2v) is 8.22. The van der Waals surface area contributed by atoms with Crippen LogP contribution in [0, 0.1) is 5.92 Å². The fraction of sp³-hybridized carbons (Fsp3) is 0.810. The molecule has 168 valence electrons. The Labute approximate surface area is 180 Å². The maximum atomic E-state index is 12.7. The summed E-state index contributed by atoms with van der Waals surface area (Å²) < 4.78 is 0. The molecule has 0 aliphatic heterocycles. The molecule has 0 spiro atoms. The maximum Gasteiger partial charge on any atom is 0.244 e. The lowest BCUT2D eigenvalue weighted by Crippen LogP contribution is -2.51. The Balaban J connectivity index is 4.67. The van der Waals surface area contributed by atoms with Gasteiger partial charge in [-0.25, -0.2) is 0 Å². The number of carbonyl (C=O) groups excluding carboxylic acids is 4. The molecule has 0 heterocycles. The largest absolute Gasteiger partial charge is 0.359 e. The quantitative estimate of drug-likeness (QED) is 0.258. The SMILES string of the molecule is CCCCCCCCC(=O)N[C@@H](CC(C)C)C(=O)N[C@@H](CCC(=O)NC)C(=O)Cl. The average molecular weight is 432 g/mol. The zero-order valence-corrected chi connectivity index (χ0v) is 19.1. The Bertz CT molecular complexity index is 526. The zero-order valence-electron chi connectivity index (χ0n) is 18.3. The molecule has 0 unspecified atom stereocenters. The molecule has 0 fully saturated rings. The summed E-state index contributed by atoms with van der Waals surface area (Å²) in [5.74, 6) is -0.685. The number of hydrogen-bond donors (Lipinski definition) is 3. The molecular formula is C21H38ClN3O4. The van der Waals surface area contributed by atoms with E-state index in [-0.39, 0.29) is 30.6 Å². The number of halogens is 1. The molecule has 8 heteroatoms. The minimum atomic E-state index is -0.966. The average Bonchev–Trinajstić information content (AvgIpc) is 2.66. The Kier molecular flexibility index (Phi) is 15.3. The van der Waals surface area contributed by atoms with E-state index in [1.54, 1.807) is 0 Å². The highest BCUT2D eigenvalue weighted by Crippen LogP contribution is 2.10. The summed E-state index contributed by atoms with van der Waals surface area (Å²) in [7, 11) is 1.50. The van der Waals surface area contributed by atoms with Crippen LogP contribution < -0.4 is 16.0 Å². The van der Waals surface area contributed by atoms with E-state index in [1.807, 2.05) is 13.8 Å². The van der Waals surface area contributed by atoms with E-state index in [2.05, 4.69) is 22.9 Å². The predicted molar refractivity (Wildman–Crippen MR) is 115 cm³/mol. The predicted octanol–water partition coefficient (Wildman–Crippen LogP) is 3.04. The second kappa shape index (κ2) is 16.2. The number of rotatable bonds is 16. The van der Waals surface area contributed by atoms with Crippen LogP contribution in [0.15, 0.2) is 0 Å². The van der Waals surface area contributed by atoms with E-state index in [1.165, 1.54) is 26.3 Å². The van der Waals surface area contributed by atoms with Gasteiger partial charge in [-0.2, -0.15) is 0 Å². The summed E-state index contributed by atoms with van der Waals surface area (Å²) in [4.78, 5) is 47.9. The summed E-state index contributed by atoms with van der Waals surface area (Å²) in [6, 6.07) is -1.70. The summed E-state index contributed by atoms with van der Waals surface area (Å²) in [6.07, 6.45) is 7.48. The van der Waals surface area contributed by atoms with Gasteiger partial charge in [0.2, 0.25) is 23.0 Å². The molecule has 0 aromatic carbocycles. The van der Waals surface area contributed by atoms with Gasteiger partial charge in [0.25, 0.3) is 0 Å². The Morgan fingerprint density at radius 3 is 2.00 bits per heavy atom. The van der Waals surface area contributed by atoms with Crippen molar-refractivity contribution in [3.63, 3.8) is 0 Å². The van der Waals surface area contributed by atoms with E-state index in [0.29, 0.717) is 12.8 Å². The van der Waals surface area contributed by atoms with Gasteiger partial charge < -0.3 is 16.0 Å². The molecule has 0 radical (unpaired) electrons. The molecule has 0 aromatic heterocycles. The topological polar surface area (TPSA) is 104 Å². The first kappa shape index (κ1) is 27.4. The van der Waals surface area contributed by atoms with Crippen molar-refractivity contribution in [1.29, 1.82) is 0 Å². The minimum absolute atomic E-state index is 0.0686. The standard InChI is InChI=1S/C21H38ClN3O4/c1-5-6-7-8-9-10-11-19(27)24-17(14-15(2)3)21(29)25-16(20(22)28)12-13-18(26)23-4/h15-17H,5-14H2,1-4H3,(H,23,26)(H,24,27)(H,25,29)/t16-,17-/m0/s1. The van der Waals surface area contributed by atoms with Crippen molar-refractivity contribution in [2.75, 3.05) is 7.05 Å². The molecule has 0 rings (SSSR count). The molecule has 3 N–H and O–H groups in total. The highest BCUT2D eigenvalue weighted by molar-refractivity contribution is 6.64. The summed E-state index contributed by atoms with van der Waals surface area (Å²) >= 11 is 5.58. The summed E-state index contributed by atoms with van der Waals surface area (Å²) in [6.45, 7) is 6.07. The van der Waals surface area contributed by atoms with E-state index >= 15 is 0 Å². The lowest BCUT2D eigenvalue weighted by molar-refractivity contribution is -0.131. The highest BCUT2D eigenvalue weighted by Gasteiger charge is 2.26. The first-order chi connectivity index (χ1) is 13.7. The Hall–Kier alpha value is -1.63. The molecule has 0 aliphatic rings. The normalized spacial score (nSPS) is 12.9. The lowest BCUT2D eigenvalue weighted by Gasteiger charge is -2.23. The highest BCUT2D eigenvalue weighted by atomic mass is 35.5. The van der Waals surface area contributed by atoms with Crippen molar-refractivity contribution in [3.8, 4) is 0 Å². The van der Waals surface area contributed by atoms with Crippen LogP contribution in [0.25, 0.3) is 0 Å². The Morgan fingerprint density at radius 1 is 0.828 bits per heavy atom. The molecule has 2 atom stereocenters. The molecule has 0 saturated heterocycles. The number of unbranched alkanes of at least 4 members (excludes halogenated alkanes) is 5. The molecule has 0 bridgehead atoms. The van der Waals surface area contributed by atoms with Crippen LogP contribution in [0.4, 0.5) is 0 Å². The van der Waals surface area contributed by atoms with Crippen molar-refractivity contribution in [2.24, 2.45) is 5.92 Å². The van der Waals surface area contributed by atoms with Gasteiger partial charge >= 0.3 is 0 Å². The van der Waals surface area contributed by atoms with Crippen molar-refractivity contribution in [3.05, 3.63) is 0 Å². The van der Waals surface area contributed by atoms with Crippen LogP contribution in [-0.2, 0) is 19.2 Å². The molecule has 0 aliphatic carbocycles. The van der Waals surface area contributed by atoms with Crippen molar-refractivity contribution < 1.29 is 19.2 Å². The van der Waals surface area contributed by atoms with Crippen LogP contribution in [0.5, 0.6) is 0 Å². The van der Waals surface area contributed by atoms with Gasteiger partial charge in [0.1, 0.15) is 12.1 Å². The summed E-state index contributed by atoms with van der Waals surface area (Å²) in [5.41, 5.74) is 0. The molecule has 0 saturated carbocycles. The van der Waals surface area contributed by atoms with Crippen LogP contribution in [0.2, 0.25) is 0 Å². The van der Waals surface area contributed by atoms with Gasteiger partial charge in [0, 0.05) is 19.9 Å². The lowest BCUT2D eigenvalue weighted by atomic mass is 10.0. The summed E-state index contributed by atoms with van der Waals surface area (Å²) in [5, 5.41) is 7.10. The van der Waals surface area contributed by atoms with Crippen LogP contribution in [-0.4, -0.2) is 42.1 Å². The molecule has 29 heavy (non-hydrogen) atoms. The van der Waals surface area contributed by atoms with Gasteiger partial charge in [-0.05, 0) is 36.8 Å². The maximum absolute atomic E-state index is 12.7. The molecular weight excluding hydrogens is 394 g/mol. The molecule has 7 nitrogen and oxygen atoms in total. The van der Waals surface area contributed by atoms with E-state index in [0.717, 1.165) is 19.3 Å². The Morgan fingerprint density at radius 2 is 1.45 bits per heavy atom. The number of hydrogen-bond acceptors (Lipinski definition) is 4. The van der Waals surface area contributed by atoms with Crippen LogP contribution >= 0.6 is 11.6 Å². The number of nitrogens with one attached hydrogen (secondary N) is 3. The second-order valence-electron chi connectivity index (χ2n) is 7.84. The third-order valence-corrected chi connectivity index (χ3v) is 4.91. The van der Waals surface area contributed by atoms with Crippen LogP contribution in [0.1, 0.15) is 85.0 Å². The first-order valence-electron chi connectivity index (χ1n) is 10.7. The monoisotopic (exact) mass is 431 g/mol. The van der Waals surface area contributed by atoms with Gasteiger partial charge in [-0.15, -0.1) is 0 Å². The minimum Gasteiger partial charge on any atom is -0.359 e. The smallest absolute Gasteiger partial charge is 0.244 e. The van der Waals surface area contributed by atoms with Gasteiger partial charge in [-0.3, -0.25) is 19.2 Å². The van der Waals surface area contributed by atoms with E-state index < -0.39 is 23.2 Å². The van der Waals surface area contributed by atoms with Crippen molar-refractivity contribution in [1.82, 2.24) is 16.0 Å². The fourth-order valence-electron chi connectivity index (χ4n) is 2.95. The van der Waals surface area contributed by atoms with Crippen molar-refractivity contribution >= 4 is 34.6 Å². The van der Waals surface area contributed by atoms with Crippen molar-refractivity contribution in [2.45, 2.75) is 97.1 Å². The van der Waals surface area contributed by atoms with Gasteiger partial charge in [0.05, 0.1) is 0 Å². The van der Waals surface area contributed by atoms with E-state index in [9.17, 15) is 19.2 Å². The molecule has 3 amide bonds. The first-order valence-corrected chi connectivity index (χ1v) is 11.1. The van der Waals surface area contributed by atoms with Gasteiger partial charge in [-0.1, -0.05) is 52.9 Å².